The van der Waals surface area contributed by atoms with Gasteiger partial charge in [-0.25, -0.2) is 0 Å². The number of hydrogen-bond acceptors (Lipinski definition) is 2. The van der Waals surface area contributed by atoms with Crippen molar-refractivity contribution in [2.45, 2.75) is 124 Å². The second-order valence-electron chi connectivity index (χ2n) is 11.9. The van der Waals surface area contributed by atoms with Gasteiger partial charge in [0.25, 0.3) is 0 Å². The molecule has 2 heteroatoms. The van der Waals surface area contributed by atoms with E-state index in [-0.39, 0.29) is 0 Å². The SMILES string of the molecule is CCCC(CC)C(CCCSCC1(C)CC(CCCC(C)CC2(C)CC2)C1C)SC. The Morgan fingerprint density at radius 2 is 1.77 bits per heavy atom. The average Bonchev–Trinajstić information content (AvgIpc) is 3.44. The van der Waals surface area contributed by atoms with E-state index in [1.165, 1.54) is 88.6 Å². The molecule has 2 saturated carbocycles. The van der Waals surface area contributed by atoms with Crippen LogP contribution in [0.1, 0.15) is 119 Å². The monoisotopic (exact) mass is 454 g/mol. The van der Waals surface area contributed by atoms with Crippen molar-refractivity contribution in [3.05, 3.63) is 0 Å². The van der Waals surface area contributed by atoms with E-state index in [0.717, 1.165) is 34.3 Å². The maximum absolute atomic E-state index is 2.58. The van der Waals surface area contributed by atoms with Crippen LogP contribution in [-0.4, -0.2) is 23.0 Å². The molecule has 0 aromatic rings. The minimum atomic E-state index is 0.621. The second-order valence-corrected chi connectivity index (χ2v) is 14.1. The zero-order valence-electron chi connectivity index (χ0n) is 21.6. The maximum Gasteiger partial charge on any atom is 0.00727 e. The van der Waals surface area contributed by atoms with Crippen molar-refractivity contribution >= 4 is 23.5 Å². The van der Waals surface area contributed by atoms with Gasteiger partial charge in [-0.3, -0.25) is 0 Å². The summed E-state index contributed by atoms with van der Waals surface area (Å²) in [6.07, 6.45) is 19.7. The van der Waals surface area contributed by atoms with Gasteiger partial charge in [-0.1, -0.05) is 73.6 Å². The van der Waals surface area contributed by atoms with E-state index >= 15 is 0 Å². The highest BCUT2D eigenvalue weighted by atomic mass is 32.2. The fourth-order valence-corrected chi connectivity index (χ4v) is 8.74. The Labute approximate surface area is 199 Å². The Bertz CT molecular complexity index is 471. The van der Waals surface area contributed by atoms with E-state index in [9.17, 15) is 0 Å². The quantitative estimate of drug-likeness (QED) is 0.200. The topological polar surface area (TPSA) is 0 Å². The first kappa shape index (κ1) is 26.9. The molecule has 0 amide bonds. The van der Waals surface area contributed by atoms with Gasteiger partial charge >= 0.3 is 0 Å². The predicted octanol–water partition coefficient (Wildman–Crippen LogP) is 9.72. The Hall–Kier alpha value is 0.700. The molecule has 0 aliphatic heterocycles. The lowest BCUT2D eigenvalue weighted by Gasteiger charge is -2.52. The highest BCUT2D eigenvalue weighted by Gasteiger charge is 2.46. The molecule has 0 nitrogen and oxygen atoms in total. The highest BCUT2D eigenvalue weighted by molar-refractivity contribution is 7.99. The summed E-state index contributed by atoms with van der Waals surface area (Å²) in [6, 6.07) is 0. The summed E-state index contributed by atoms with van der Waals surface area (Å²) < 4.78 is 0. The molecule has 0 aromatic heterocycles. The van der Waals surface area contributed by atoms with Crippen molar-refractivity contribution in [2.24, 2.45) is 34.5 Å². The first-order valence-electron chi connectivity index (χ1n) is 13.4. The lowest BCUT2D eigenvalue weighted by molar-refractivity contribution is 0.000333. The third kappa shape index (κ3) is 8.24. The van der Waals surface area contributed by atoms with Crippen molar-refractivity contribution in [2.75, 3.05) is 17.8 Å². The fourth-order valence-electron chi connectivity index (χ4n) is 6.26. The van der Waals surface area contributed by atoms with E-state index in [1.54, 1.807) is 0 Å². The number of rotatable bonds is 17. The van der Waals surface area contributed by atoms with Crippen molar-refractivity contribution in [1.29, 1.82) is 0 Å². The Morgan fingerprint density at radius 1 is 1.03 bits per heavy atom. The molecule has 0 spiro atoms. The van der Waals surface area contributed by atoms with Crippen molar-refractivity contribution in [3.8, 4) is 0 Å². The molecule has 0 aromatic carbocycles. The summed E-state index contributed by atoms with van der Waals surface area (Å²) in [7, 11) is 0. The smallest absolute Gasteiger partial charge is 0.00727 e. The first-order valence-corrected chi connectivity index (χ1v) is 15.8. The van der Waals surface area contributed by atoms with Crippen molar-refractivity contribution in [1.82, 2.24) is 0 Å². The summed E-state index contributed by atoms with van der Waals surface area (Å²) in [4.78, 5) is 0. The molecule has 2 fully saturated rings. The molecule has 0 radical (unpaired) electrons. The molecule has 0 bridgehead atoms. The Kier molecular flexibility index (Phi) is 11.5. The summed E-state index contributed by atoms with van der Waals surface area (Å²) in [6.45, 7) is 14.9. The minimum absolute atomic E-state index is 0.621. The van der Waals surface area contributed by atoms with Gasteiger partial charge in [-0.15, -0.1) is 0 Å². The van der Waals surface area contributed by atoms with Crippen LogP contribution in [0.2, 0.25) is 0 Å². The van der Waals surface area contributed by atoms with E-state index < -0.39 is 0 Å². The van der Waals surface area contributed by atoms with E-state index in [0.29, 0.717) is 5.41 Å². The van der Waals surface area contributed by atoms with E-state index in [2.05, 4.69) is 71.3 Å². The number of hydrogen-bond donors (Lipinski definition) is 0. The van der Waals surface area contributed by atoms with Crippen LogP contribution in [0.15, 0.2) is 0 Å². The predicted molar refractivity (Wildman–Crippen MR) is 143 cm³/mol. The van der Waals surface area contributed by atoms with Gasteiger partial charge in [0.15, 0.2) is 0 Å². The van der Waals surface area contributed by atoms with Crippen molar-refractivity contribution < 1.29 is 0 Å². The van der Waals surface area contributed by atoms with Crippen LogP contribution < -0.4 is 0 Å². The summed E-state index contributed by atoms with van der Waals surface area (Å²) in [5.74, 6) is 6.62. The molecule has 0 N–H and O–H groups in total. The largest absolute Gasteiger partial charge is 0.162 e. The Morgan fingerprint density at radius 3 is 2.33 bits per heavy atom. The first-order chi connectivity index (χ1) is 14.3. The van der Waals surface area contributed by atoms with Crippen LogP contribution in [0.5, 0.6) is 0 Å². The summed E-state index contributed by atoms with van der Waals surface area (Å²) in [5.41, 5.74) is 1.36. The summed E-state index contributed by atoms with van der Waals surface area (Å²) >= 11 is 4.39. The molecule has 0 heterocycles. The zero-order chi connectivity index (χ0) is 22.2. The molecule has 0 saturated heterocycles. The summed E-state index contributed by atoms with van der Waals surface area (Å²) in [5, 5.41) is 0.892. The van der Waals surface area contributed by atoms with Crippen LogP contribution in [-0.2, 0) is 0 Å². The zero-order valence-corrected chi connectivity index (χ0v) is 23.2. The lowest BCUT2D eigenvalue weighted by atomic mass is 9.55. The Balaban J connectivity index is 1.55. The fraction of sp³-hybridized carbons (Fsp3) is 1.00. The van der Waals surface area contributed by atoms with Gasteiger partial charge < -0.3 is 0 Å². The lowest BCUT2D eigenvalue weighted by Crippen LogP contribution is -2.46. The molecular formula is C28H54S2. The molecule has 2 aliphatic carbocycles. The van der Waals surface area contributed by atoms with Gasteiger partial charge in [-0.2, -0.15) is 23.5 Å². The molecular weight excluding hydrogens is 400 g/mol. The molecule has 30 heavy (non-hydrogen) atoms. The van der Waals surface area contributed by atoms with Gasteiger partial charge in [0.2, 0.25) is 0 Å². The van der Waals surface area contributed by atoms with Gasteiger partial charge in [0, 0.05) is 5.25 Å². The van der Waals surface area contributed by atoms with Crippen LogP contribution >= 0.6 is 23.5 Å². The van der Waals surface area contributed by atoms with Crippen molar-refractivity contribution in [3.63, 3.8) is 0 Å². The average molecular weight is 455 g/mol. The standard InChI is InChI=1S/C28H54S2/c1-8-12-24(9-2)26(29-7)15-11-18-30-21-28(6)20-25(23(28)4)14-10-13-22(3)19-27(5)16-17-27/h22-26H,8-21H2,1-7H3. The maximum atomic E-state index is 2.58. The van der Waals surface area contributed by atoms with Gasteiger partial charge in [-0.05, 0) is 97.2 Å². The minimum Gasteiger partial charge on any atom is -0.162 e. The van der Waals surface area contributed by atoms with Crippen LogP contribution in [0.3, 0.4) is 0 Å². The second kappa shape index (κ2) is 12.8. The van der Waals surface area contributed by atoms with Gasteiger partial charge in [0.1, 0.15) is 0 Å². The third-order valence-electron chi connectivity index (χ3n) is 8.97. The third-order valence-corrected chi connectivity index (χ3v) is 11.6. The van der Waals surface area contributed by atoms with Gasteiger partial charge in [0.05, 0.1) is 0 Å². The van der Waals surface area contributed by atoms with E-state index in [1.807, 2.05) is 0 Å². The van der Waals surface area contributed by atoms with Crippen LogP contribution in [0.25, 0.3) is 0 Å². The molecule has 6 unspecified atom stereocenters. The van der Waals surface area contributed by atoms with Crippen LogP contribution in [0, 0.1) is 34.5 Å². The molecule has 2 aliphatic rings. The molecule has 178 valence electrons. The van der Waals surface area contributed by atoms with E-state index in [4.69, 9.17) is 0 Å². The highest BCUT2D eigenvalue weighted by Crippen LogP contribution is 2.55. The molecule has 2 rings (SSSR count). The number of thioether (sulfide) groups is 2. The van der Waals surface area contributed by atoms with Crippen LogP contribution in [0.4, 0.5) is 0 Å². The normalized spacial score (nSPS) is 30.5. The molecule has 6 atom stereocenters.